The van der Waals surface area contributed by atoms with E-state index in [1.807, 2.05) is 0 Å². The Morgan fingerprint density at radius 1 is 1.07 bits per heavy atom. The van der Waals surface area contributed by atoms with Crippen LogP contribution in [0.5, 0.6) is 5.75 Å². The van der Waals surface area contributed by atoms with Gasteiger partial charge < -0.3 is 4.74 Å². The maximum Gasteiger partial charge on any atom is 0.454 e. The van der Waals surface area contributed by atoms with Gasteiger partial charge in [0.15, 0.2) is 9.84 Å². The van der Waals surface area contributed by atoms with Gasteiger partial charge in [-0.2, -0.15) is 22.0 Å². The van der Waals surface area contributed by atoms with E-state index in [0.717, 1.165) is 19.1 Å². The maximum atomic E-state index is 13.2. The Morgan fingerprint density at radius 2 is 1.67 bits per heavy atom. The van der Waals surface area contributed by atoms with Gasteiger partial charge in [0.25, 0.3) is 0 Å². The van der Waals surface area contributed by atoms with Gasteiger partial charge >= 0.3 is 12.1 Å². The monoisotopic (exact) mass is 455 g/mol. The summed E-state index contributed by atoms with van der Waals surface area (Å²) in [5, 5.41) is 0. The third-order valence-corrected chi connectivity index (χ3v) is 7.19. The summed E-state index contributed by atoms with van der Waals surface area (Å²) in [6.07, 6.45) is -1.21. The largest absolute Gasteiger partial charge is 0.494 e. The first kappa shape index (κ1) is 23.2. The van der Waals surface area contributed by atoms with E-state index in [2.05, 4.69) is 0 Å². The van der Waals surface area contributed by atoms with Crippen LogP contribution in [0.15, 0.2) is 29.2 Å². The third-order valence-electron chi connectivity index (χ3n) is 6.06. The number of benzene rings is 1. The smallest absolute Gasteiger partial charge is 0.454 e. The van der Waals surface area contributed by atoms with Gasteiger partial charge in [-0.1, -0.05) is 0 Å². The number of rotatable bonds is 8. The summed E-state index contributed by atoms with van der Waals surface area (Å²) in [4.78, 5) is 1.45. The van der Waals surface area contributed by atoms with E-state index in [4.69, 9.17) is 4.74 Å². The van der Waals surface area contributed by atoms with Crippen molar-refractivity contribution in [2.75, 3.05) is 32.5 Å². The molecule has 1 heterocycles. The zero-order valence-corrected chi connectivity index (χ0v) is 17.5. The summed E-state index contributed by atoms with van der Waals surface area (Å²) in [5.41, 5.74) is 0. The molecular weight excluding hydrogens is 429 g/mol. The Bertz CT molecular complexity index is 818. The van der Waals surface area contributed by atoms with E-state index in [0.29, 0.717) is 43.0 Å². The normalized spacial score (nSPS) is 24.1. The number of nitrogens with zero attached hydrogens (tertiary/aromatic N) is 1. The lowest BCUT2D eigenvalue weighted by Gasteiger charge is -2.34. The number of halogens is 5. The molecule has 1 aliphatic heterocycles. The number of sulfone groups is 1. The van der Waals surface area contributed by atoms with Gasteiger partial charge in [-0.25, -0.2) is 8.42 Å². The van der Waals surface area contributed by atoms with Crippen LogP contribution in [0.25, 0.3) is 0 Å². The van der Waals surface area contributed by atoms with Gasteiger partial charge in [0.05, 0.1) is 18.0 Å². The van der Waals surface area contributed by atoms with Crippen molar-refractivity contribution in [2.24, 2.45) is 17.8 Å². The second kappa shape index (κ2) is 8.61. The molecule has 1 saturated carbocycles. The molecule has 1 aromatic carbocycles. The van der Waals surface area contributed by atoms with Crippen LogP contribution in [-0.2, 0) is 9.84 Å². The van der Waals surface area contributed by atoms with Crippen LogP contribution in [0.1, 0.15) is 25.7 Å². The van der Waals surface area contributed by atoms with Crippen molar-refractivity contribution >= 4 is 9.84 Å². The quantitative estimate of drug-likeness (QED) is 0.545. The van der Waals surface area contributed by atoms with Gasteiger partial charge in [0.1, 0.15) is 5.75 Å². The molecule has 0 N–H and O–H groups in total. The molecule has 2 fully saturated rings. The molecule has 2 atom stereocenters. The summed E-state index contributed by atoms with van der Waals surface area (Å²) in [6.45, 7) is -0.231. The van der Waals surface area contributed by atoms with E-state index in [-0.39, 0.29) is 18.0 Å². The minimum absolute atomic E-state index is 0.233. The number of alkyl halides is 5. The third kappa shape index (κ3) is 5.84. The van der Waals surface area contributed by atoms with Gasteiger partial charge in [-0.05, 0) is 80.8 Å². The minimum atomic E-state index is -5.50. The number of likely N-dealkylation sites (tertiary alicyclic amines) is 1. The van der Waals surface area contributed by atoms with Crippen LogP contribution in [0.4, 0.5) is 22.0 Å². The standard InChI is InChI=1S/C20H26F5NO3S/c1-30(27,28)17-4-2-16(3-5-17)29-11-8-15-12-18(15)14-6-9-26(10-7-14)13-19(21,22)20(23,24)25/h2-5,14-15,18H,6-13H2,1H3/t15-,18-/m1/s1. The van der Waals surface area contributed by atoms with Crippen molar-refractivity contribution in [2.45, 2.75) is 42.7 Å². The lowest BCUT2D eigenvalue weighted by Crippen LogP contribution is -2.49. The van der Waals surface area contributed by atoms with Crippen LogP contribution in [0.2, 0.25) is 0 Å². The first-order valence-corrected chi connectivity index (χ1v) is 11.9. The van der Waals surface area contributed by atoms with E-state index in [1.165, 1.54) is 17.0 Å². The summed E-state index contributed by atoms with van der Waals surface area (Å²) in [6, 6.07) is 6.24. The highest BCUT2D eigenvalue weighted by Crippen LogP contribution is 2.50. The molecule has 30 heavy (non-hydrogen) atoms. The fourth-order valence-corrected chi connectivity index (χ4v) is 4.83. The number of hydrogen-bond donors (Lipinski definition) is 0. The van der Waals surface area contributed by atoms with Crippen molar-refractivity contribution in [3.05, 3.63) is 24.3 Å². The fraction of sp³-hybridized carbons (Fsp3) is 0.700. The SMILES string of the molecule is CS(=O)(=O)c1ccc(OCC[C@@H]2C[C@@H]2C2CCN(CC(F)(F)C(F)(F)F)CC2)cc1. The predicted octanol–water partition coefficient (Wildman–Crippen LogP) is 4.40. The lowest BCUT2D eigenvalue weighted by molar-refractivity contribution is -0.287. The molecule has 0 bridgehead atoms. The zero-order chi connectivity index (χ0) is 22.2. The van der Waals surface area contributed by atoms with Crippen molar-refractivity contribution in [3.8, 4) is 5.75 Å². The van der Waals surface area contributed by atoms with Crippen molar-refractivity contribution in [3.63, 3.8) is 0 Å². The Kier molecular flexibility index (Phi) is 6.67. The van der Waals surface area contributed by atoms with Gasteiger partial charge in [0, 0.05) is 6.26 Å². The van der Waals surface area contributed by atoms with E-state index >= 15 is 0 Å². The number of piperidine rings is 1. The fourth-order valence-electron chi connectivity index (χ4n) is 4.20. The molecule has 1 saturated heterocycles. The zero-order valence-electron chi connectivity index (χ0n) is 16.7. The van der Waals surface area contributed by atoms with Crippen molar-refractivity contribution in [1.82, 2.24) is 4.90 Å². The molecule has 2 aliphatic rings. The Balaban J connectivity index is 1.36. The average molecular weight is 455 g/mol. The molecule has 0 aromatic heterocycles. The summed E-state index contributed by atoms with van der Waals surface area (Å²) in [7, 11) is -3.24. The summed E-state index contributed by atoms with van der Waals surface area (Å²) in [5.74, 6) is -2.75. The lowest BCUT2D eigenvalue weighted by atomic mass is 9.90. The molecule has 0 spiro atoms. The molecule has 4 nitrogen and oxygen atoms in total. The Labute approximate surface area is 173 Å². The van der Waals surface area contributed by atoms with E-state index in [9.17, 15) is 30.4 Å². The Hall–Kier alpha value is -1.42. The molecule has 10 heteroatoms. The highest BCUT2D eigenvalue weighted by atomic mass is 32.2. The first-order valence-electron chi connectivity index (χ1n) is 9.96. The minimum Gasteiger partial charge on any atom is -0.494 e. The average Bonchev–Trinajstić information content (AvgIpc) is 3.40. The van der Waals surface area contributed by atoms with Crippen LogP contribution >= 0.6 is 0 Å². The van der Waals surface area contributed by atoms with Crippen LogP contribution in [0, 0.1) is 17.8 Å². The van der Waals surface area contributed by atoms with Gasteiger partial charge in [0.2, 0.25) is 0 Å². The predicted molar refractivity (Wildman–Crippen MR) is 101 cm³/mol. The molecule has 0 unspecified atom stereocenters. The molecule has 170 valence electrons. The second-order valence-corrected chi connectivity index (χ2v) is 10.4. The topological polar surface area (TPSA) is 46.6 Å². The molecular formula is C20H26F5NO3S. The maximum absolute atomic E-state index is 13.2. The second-order valence-electron chi connectivity index (χ2n) is 8.36. The highest BCUT2D eigenvalue weighted by Gasteiger charge is 2.58. The van der Waals surface area contributed by atoms with Crippen LogP contribution in [0.3, 0.4) is 0 Å². The molecule has 1 aromatic rings. The highest BCUT2D eigenvalue weighted by molar-refractivity contribution is 7.90. The van der Waals surface area contributed by atoms with E-state index < -0.39 is 28.5 Å². The van der Waals surface area contributed by atoms with Gasteiger partial charge in [-0.15, -0.1) is 0 Å². The molecule has 0 radical (unpaired) electrons. The Morgan fingerprint density at radius 3 is 2.20 bits per heavy atom. The molecule has 1 aliphatic carbocycles. The van der Waals surface area contributed by atoms with Gasteiger partial charge in [-0.3, -0.25) is 4.90 Å². The molecule has 3 rings (SSSR count). The van der Waals surface area contributed by atoms with E-state index in [1.54, 1.807) is 12.1 Å². The van der Waals surface area contributed by atoms with Crippen LogP contribution in [-0.4, -0.2) is 57.9 Å². The van der Waals surface area contributed by atoms with Crippen LogP contribution < -0.4 is 4.74 Å². The summed E-state index contributed by atoms with van der Waals surface area (Å²) >= 11 is 0. The number of hydrogen-bond acceptors (Lipinski definition) is 4. The molecule has 0 amide bonds. The van der Waals surface area contributed by atoms with Crippen molar-refractivity contribution < 1.29 is 35.1 Å². The van der Waals surface area contributed by atoms with Crippen molar-refractivity contribution in [1.29, 1.82) is 0 Å². The summed E-state index contributed by atoms with van der Waals surface area (Å²) < 4.78 is 92.0. The number of ether oxygens (including phenoxy) is 1. The first-order chi connectivity index (χ1) is 13.9.